The van der Waals surface area contributed by atoms with E-state index in [0.717, 1.165) is 5.56 Å². The summed E-state index contributed by atoms with van der Waals surface area (Å²) in [5.41, 5.74) is 7.65. The van der Waals surface area contributed by atoms with E-state index in [1.54, 1.807) is 11.5 Å². The molecule has 188 valence electrons. The Morgan fingerprint density at radius 1 is 1.23 bits per heavy atom. The van der Waals surface area contributed by atoms with Gasteiger partial charge in [-0.1, -0.05) is 35.5 Å². The lowest BCUT2D eigenvalue weighted by Gasteiger charge is -2.22. The summed E-state index contributed by atoms with van der Waals surface area (Å²) in [5.74, 6) is 1.19. The molecule has 4 rings (SSSR count). The molecule has 0 bridgehead atoms. The van der Waals surface area contributed by atoms with Crippen LogP contribution in [0.5, 0.6) is 0 Å². The van der Waals surface area contributed by atoms with Gasteiger partial charge in [0.2, 0.25) is 5.90 Å². The van der Waals surface area contributed by atoms with Crippen LogP contribution in [0.2, 0.25) is 0 Å². The number of rotatable bonds is 9. The standard InChI is InChI=1S/C23H31N7O5/c1-4-33-14(2)28-34-11-10-29(3)12-16-18(31)19(32)23(35-16)30-21(15-8-6-5-7-9-15)27-17-20(24)25-13-26-22(17)30/h5-9,13,16,18-19,23,31-32H,4,10-12H2,1-3H3,(H2,24,25,26)/b28-14+/t16-,18-,19-,23-/m1/s1. The van der Waals surface area contributed by atoms with Crippen molar-refractivity contribution in [2.24, 2.45) is 5.16 Å². The Morgan fingerprint density at radius 3 is 2.74 bits per heavy atom. The van der Waals surface area contributed by atoms with Crippen molar-refractivity contribution in [3.05, 3.63) is 36.7 Å². The second-order valence-electron chi connectivity index (χ2n) is 8.29. The number of imidazole rings is 1. The number of ether oxygens (including phenoxy) is 2. The average Bonchev–Trinajstić information content (AvgIpc) is 3.36. The van der Waals surface area contributed by atoms with Crippen LogP contribution in [0.1, 0.15) is 20.1 Å². The minimum Gasteiger partial charge on any atom is -0.479 e. The number of nitrogen functional groups attached to an aromatic ring is 1. The lowest BCUT2D eigenvalue weighted by atomic mass is 10.1. The summed E-state index contributed by atoms with van der Waals surface area (Å²) in [6.45, 7) is 5.34. The molecule has 0 aliphatic carbocycles. The first-order valence-corrected chi connectivity index (χ1v) is 11.4. The Balaban J connectivity index is 1.52. The van der Waals surface area contributed by atoms with Gasteiger partial charge in [-0.15, -0.1) is 0 Å². The molecule has 35 heavy (non-hydrogen) atoms. The normalized spacial score (nSPS) is 22.7. The molecule has 1 saturated heterocycles. The highest BCUT2D eigenvalue weighted by atomic mass is 16.6. The van der Waals surface area contributed by atoms with E-state index in [2.05, 4.69) is 20.1 Å². The Morgan fingerprint density at radius 2 is 2.00 bits per heavy atom. The third kappa shape index (κ3) is 5.35. The molecule has 3 aromatic rings. The van der Waals surface area contributed by atoms with Crippen LogP contribution in [0.15, 0.2) is 41.8 Å². The van der Waals surface area contributed by atoms with Gasteiger partial charge in [-0.05, 0) is 14.0 Å². The van der Waals surface area contributed by atoms with Crippen LogP contribution < -0.4 is 5.73 Å². The average molecular weight is 486 g/mol. The van der Waals surface area contributed by atoms with Crippen molar-refractivity contribution in [2.45, 2.75) is 38.4 Å². The minimum absolute atomic E-state index is 0.220. The van der Waals surface area contributed by atoms with E-state index >= 15 is 0 Å². The zero-order chi connectivity index (χ0) is 24.9. The molecule has 0 amide bonds. The molecule has 4 N–H and O–H groups in total. The van der Waals surface area contributed by atoms with Crippen LogP contribution >= 0.6 is 0 Å². The highest BCUT2D eigenvalue weighted by Crippen LogP contribution is 2.36. The number of aliphatic hydroxyl groups is 2. The van der Waals surface area contributed by atoms with Gasteiger partial charge >= 0.3 is 0 Å². The van der Waals surface area contributed by atoms with Crippen LogP contribution in [-0.4, -0.2) is 92.2 Å². The van der Waals surface area contributed by atoms with E-state index in [1.165, 1.54) is 6.33 Å². The largest absolute Gasteiger partial charge is 0.479 e. The summed E-state index contributed by atoms with van der Waals surface area (Å²) >= 11 is 0. The van der Waals surface area contributed by atoms with E-state index in [9.17, 15) is 10.2 Å². The Kier molecular flexibility index (Phi) is 7.76. The smallest absolute Gasteiger partial charge is 0.222 e. The number of aliphatic hydroxyl groups excluding tert-OH is 2. The van der Waals surface area contributed by atoms with Gasteiger partial charge in [0.25, 0.3) is 0 Å². The molecule has 12 heteroatoms. The fourth-order valence-electron chi connectivity index (χ4n) is 4.02. The van der Waals surface area contributed by atoms with Gasteiger partial charge in [0.15, 0.2) is 23.2 Å². The van der Waals surface area contributed by atoms with Gasteiger partial charge in [-0.25, -0.2) is 15.0 Å². The van der Waals surface area contributed by atoms with Crippen molar-refractivity contribution in [1.82, 2.24) is 24.4 Å². The monoisotopic (exact) mass is 485 g/mol. The zero-order valence-corrected chi connectivity index (χ0v) is 20.0. The van der Waals surface area contributed by atoms with Gasteiger partial charge in [0.1, 0.15) is 37.1 Å². The van der Waals surface area contributed by atoms with Gasteiger partial charge in [0, 0.05) is 25.6 Å². The van der Waals surface area contributed by atoms with E-state index < -0.39 is 24.5 Å². The summed E-state index contributed by atoms with van der Waals surface area (Å²) in [4.78, 5) is 20.2. The topological polar surface area (TPSA) is 153 Å². The predicted molar refractivity (Wildman–Crippen MR) is 129 cm³/mol. The molecule has 1 aromatic carbocycles. The number of aromatic nitrogens is 4. The zero-order valence-electron chi connectivity index (χ0n) is 20.0. The van der Waals surface area contributed by atoms with Crippen molar-refractivity contribution < 1.29 is 24.5 Å². The van der Waals surface area contributed by atoms with E-state index in [4.69, 9.17) is 20.0 Å². The van der Waals surface area contributed by atoms with E-state index in [0.29, 0.717) is 49.2 Å². The Labute approximate surface area is 202 Å². The van der Waals surface area contributed by atoms with Crippen LogP contribution in [0.25, 0.3) is 22.6 Å². The molecule has 4 atom stereocenters. The SMILES string of the molecule is CCO/C(C)=N/OCCN(C)C[C@H]1O[C@@H](n2c(-c3ccccc3)nc3c(N)ncnc32)[C@H](O)[C@@H]1O. The van der Waals surface area contributed by atoms with Crippen molar-refractivity contribution in [1.29, 1.82) is 0 Å². The second kappa shape index (κ2) is 11.0. The van der Waals surface area contributed by atoms with E-state index in [1.807, 2.05) is 49.2 Å². The van der Waals surface area contributed by atoms with Crippen molar-refractivity contribution >= 4 is 22.9 Å². The number of fused-ring (bicyclic) bond motifs is 1. The first-order valence-electron chi connectivity index (χ1n) is 11.4. The van der Waals surface area contributed by atoms with Crippen molar-refractivity contribution in [2.75, 3.05) is 39.1 Å². The summed E-state index contributed by atoms with van der Waals surface area (Å²) in [7, 11) is 1.87. The summed E-state index contributed by atoms with van der Waals surface area (Å²) < 4.78 is 13.1. The minimum atomic E-state index is -1.21. The summed E-state index contributed by atoms with van der Waals surface area (Å²) in [6.07, 6.45) is -2.58. The lowest BCUT2D eigenvalue weighted by Crippen LogP contribution is -2.39. The fraction of sp³-hybridized carbons (Fsp3) is 0.478. The number of nitrogens with zero attached hydrogens (tertiary/aromatic N) is 6. The van der Waals surface area contributed by atoms with Gasteiger partial charge in [0.05, 0.1) is 6.61 Å². The first-order chi connectivity index (χ1) is 16.9. The van der Waals surface area contributed by atoms with Gasteiger partial charge < -0.3 is 35.2 Å². The number of anilines is 1. The molecule has 12 nitrogen and oxygen atoms in total. The molecule has 0 radical (unpaired) electrons. The van der Waals surface area contributed by atoms with Crippen LogP contribution in [0.3, 0.4) is 0 Å². The number of benzene rings is 1. The molecule has 1 fully saturated rings. The summed E-state index contributed by atoms with van der Waals surface area (Å²) in [5, 5.41) is 25.6. The highest BCUT2D eigenvalue weighted by molar-refractivity contribution is 5.85. The van der Waals surface area contributed by atoms with Crippen molar-refractivity contribution in [3.8, 4) is 11.4 Å². The quantitative estimate of drug-likeness (QED) is 0.173. The fourth-order valence-corrected chi connectivity index (χ4v) is 4.02. The molecule has 1 aliphatic rings. The second-order valence-corrected chi connectivity index (χ2v) is 8.29. The molecule has 3 heterocycles. The lowest BCUT2D eigenvalue weighted by molar-refractivity contribution is -0.0427. The first kappa shape index (κ1) is 24.8. The van der Waals surface area contributed by atoms with Crippen LogP contribution in [0.4, 0.5) is 5.82 Å². The van der Waals surface area contributed by atoms with Gasteiger partial charge in [-0.3, -0.25) is 4.57 Å². The number of oxime groups is 1. The molecule has 1 aliphatic heterocycles. The Hall–Kier alpha value is -3.32. The third-order valence-electron chi connectivity index (χ3n) is 5.73. The van der Waals surface area contributed by atoms with Gasteiger partial charge in [-0.2, -0.15) is 0 Å². The number of likely N-dealkylation sites (N-methyl/N-ethyl adjacent to an activating group) is 1. The molecular weight excluding hydrogens is 454 g/mol. The maximum Gasteiger partial charge on any atom is 0.222 e. The number of hydrogen-bond donors (Lipinski definition) is 3. The molecule has 0 spiro atoms. The highest BCUT2D eigenvalue weighted by Gasteiger charge is 2.45. The molecule has 0 unspecified atom stereocenters. The van der Waals surface area contributed by atoms with Crippen molar-refractivity contribution in [3.63, 3.8) is 0 Å². The molecule has 2 aromatic heterocycles. The molecular formula is C23H31N7O5. The number of hydrogen-bond acceptors (Lipinski definition) is 11. The van der Waals surface area contributed by atoms with Crippen LogP contribution in [0, 0.1) is 0 Å². The Bertz CT molecular complexity index is 1160. The maximum atomic E-state index is 11.0. The maximum absolute atomic E-state index is 11.0. The van der Waals surface area contributed by atoms with Crippen LogP contribution in [-0.2, 0) is 14.3 Å². The summed E-state index contributed by atoms with van der Waals surface area (Å²) in [6, 6.07) is 9.44. The van der Waals surface area contributed by atoms with E-state index in [-0.39, 0.29) is 5.82 Å². The molecule has 0 saturated carbocycles. The third-order valence-corrected chi connectivity index (χ3v) is 5.73. The number of nitrogens with two attached hydrogens (primary N) is 1. The predicted octanol–water partition coefficient (Wildman–Crippen LogP) is 1.01.